The van der Waals surface area contributed by atoms with E-state index in [0.717, 1.165) is 55.3 Å². The lowest BCUT2D eigenvalue weighted by atomic mass is 10.1. The Balaban J connectivity index is 1.31. The molecule has 1 N–H and O–H groups in total. The molecule has 1 amide bonds. The number of rotatable bonds is 10. The van der Waals surface area contributed by atoms with Crippen molar-refractivity contribution in [3.63, 3.8) is 0 Å². The van der Waals surface area contributed by atoms with Crippen molar-refractivity contribution in [2.24, 2.45) is 0 Å². The number of aromatic nitrogens is 2. The number of hydrogen-bond donors (Lipinski definition) is 1. The van der Waals surface area contributed by atoms with E-state index in [1.54, 1.807) is 6.20 Å². The van der Waals surface area contributed by atoms with Crippen LogP contribution in [0.3, 0.4) is 0 Å². The molecular formula is C28H36N4O3. The number of ether oxygens (including phenoxy) is 2. The highest BCUT2D eigenvalue weighted by molar-refractivity contribution is 5.95. The molecule has 186 valence electrons. The van der Waals surface area contributed by atoms with Gasteiger partial charge in [0, 0.05) is 32.3 Å². The molecule has 0 spiro atoms. The Morgan fingerprint density at radius 1 is 1.20 bits per heavy atom. The lowest BCUT2D eigenvalue weighted by Crippen LogP contribution is -2.38. The molecule has 0 unspecified atom stereocenters. The summed E-state index contributed by atoms with van der Waals surface area (Å²) in [7, 11) is 2.15. The summed E-state index contributed by atoms with van der Waals surface area (Å²) in [6.07, 6.45) is 4.52. The van der Waals surface area contributed by atoms with Gasteiger partial charge in [-0.3, -0.25) is 9.69 Å². The number of amides is 1. The van der Waals surface area contributed by atoms with Crippen LogP contribution in [0.2, 0.25) is 0 Å². The van der Waals surface area contributed by atoms with Crippen molar-refractivity contribution >= 4 is 5.91 Å². The van der Waals surface area contributed by atoms with Gasteiger partial charge in [-0.1, -0.05) is 36.8 Å². The largest absolute Gasteiger partial charge is 0.492 e. The number of aryl methyl sites for hydroxylation is 1. The topological polar surface area (TPSA) is 68.6 Å². The fraction of sp³-hybridized carbons (Fsp3) is 0.429. The number of nitrogens with zero attached hydrogens (tertiary/aromatic N) is 3. The van der Waals surface area contributed by atoms with E-state index >= 15 is 0 Å². The molecule has 1 aromatic heterocycles. The second kappa shape index (κ2) is 12.0. The quantitative estimate of drug-likeness (QED) is 0.476. The summed E-state index contributed by atoms with van der Waals surface area (Å²) in [6.45, 7) is 7.71. The summed E-state index contributed by atoms with van der Waals surface area (Å²) in [4.78, 5) is 15.3. The second-order valence-corrected chi connectivity index (χ2v) is 9.11. The number of carbonyl (C=O) groups is 1. The molecule has 4 rings (SSSR count). The molecule has 7 nitrogen and oxygen atoms in total. The average Bonchev–Trinajstić information content (AvgIpc) is 3.33. The molecular weight excluding hydrogens is 440 g/mol. The van der Waals surface area contributed by atoms with Crippen molar-refractivity contribution in [2.75, 3.05) is 33.4 Å². The SMILES string of the molecule is CCc1c(C(=O)NCc2cccc(OCCN(C)C3CCOCC3)c2)cnn1-c1ccc(C)cc1. The van der Waals surface area contributed by atoms with Crippen LogP contribution >= 0.6 is 0 Å². The third kappa shape index (κ3) is 6.50. The van der Waals surface area contributed by atoms with Gasteiger partial charge in [-0.15, -0.1) is 0 Å². The zero-order valence-electron chi connectivity index (χ0n) is 21.0. The molecule has 0 saturated carbocycles. The average molecular weight is 477 g/mol. The van der Waals surface area contributed by atoms with E-state index in [-0.39, 0.29) is 5.91 Å². The molecule has 0 radical (unpaired) electrons. The summed E-state index contributed by atoms with van der Waals surface area (Å²) in [6, 6.07) is 16.6. The van der Waals surface area contributed by atoms with Crippen molar-refractivity contribution in [3.05, 3.63) is 77.1 Å². The van der Waals surface area contributed by atoms with E-state index in [9.17, 15) is 4.79 Å². The Morgan fingerprint density at radius 2 is 1.97 bits per heavy atom. The molecule has 0 bridgehead atoms. The summed E-state index contributed by atoms with van der Waals surface area (Å²) in [5.41, 5.74) is 4.65. The Morgan fingerprint density at radius 3 is 2.71 bits per heavy atom. The molecule has 1 fully saturated rings. The lowest BCUT2D eigenvalue weighted by molar-refractivity contribution is 0.0392. The van der Waals surface area contributed by atoms with Crippen molar-refractivity contribution in [2.45, 2.75) is 45.7 Å². The first kappa shape index (κ1) is 24.9. The maximum atomic E-state index is 13.0. The molecule has 0 aliphatic carbocycles. The smallest absolute Gasteiger partial charge is 0.255 e. The van der Waals surface area contributed by atoms with Crippen LogP contribution in [0.25, 0.3) is 5.69 Å². The van der Waals surface area contributed by atoms with Crippen LogP contribution in [-0.2, 0) is 17.7 Å². The van der Waals surface area contributed by atoms with E-state index in [0.29, 0.717) is 31.2 Å². The van der Waals surface area contributed by atoms with E-state index < -0.39 is 0 Å². The third-order valence-corrected chi connectivity index (χ3v) is 6.61. The number of carbonyl (C=O) groups excluding carboxylic acids is 1. The predicted octanol–water partition coefficient (Wildman–Crippen LogP) is 4.16. The van der Waals surface area contributed by atoms with Crippen LogP contribution in [0, 0.1) is 6.92 Å². The normalized spacial score (nSPS) is 14.3. The highest BCUT2D eigenvalue weighted by Crippen LogP contribution is 2.18. The van der Waals surface area contributed by atoms with Crippen LogP contribution in [0.5, 0.6) is 5.75 Å². The minimum atomic E-state index is -0.121. The zero-order chi connectivity index (χ0) is 24.6. The van der Waals surface area contributed by atoms with Gasteiger partial charge < -0.3 is 14.8 Å². The summed E-state index contributed by atoms with van der Waals surface area (Å²) in [5, 5.41) is 7.52. The minimum absolute atomic E-state index is 0.121. The van der Waals surface area contributed by atoms with Gasteiger partial charge in [-0.2, -0.15) is 5.10 Å². The predicted molar refractivity (Wildman–Crippen MR) is 137 cm³/mol. The maximum absolute atomic E-state index is 13.0. The van der Waals surface area contributed by atoms with Crippen molar-refractivity contribution in [1.29, 1.82) is 0 Å². The number of benzene rings is 2. The molecule has 3 aromatic rings. The summed E-state index contributed by atoms with van der Waals surface area (Å²) in [5.74, 6) is 0.697. The van der Waals surface area contributed by atoms with E-state index in [2.05, 4.69) is 29.3 Å². The zero-order valence-corrected chi connectivity index (χ0v) is 21.0. The Hall–Kier alpha value is -3.16. The minimum Gasteiger partial charge on any atom is -0.492 e. The van der Waals surface area contributed by atoms with Crippen LogP contribution in [0.1, 0.15) is 46.9 Å². The third-order valence-electron chi connectivity index (χ3n) is 6.61. The molecule has 2 aromatic carbocycles. The molecule has 1 aliphatic rings. The Kier molecular flexibility index (Phi) is 8.55. The number of likely N-dealkylation sites (N-methyl/N-ethyl adjacent to an activating group) is 1. The van der Waals surface area contributed by atoms with Gasteiger partial charge in [-0.05, 0) is 63.1 Å². The van der Waals surface area contributed by atoms with Crippen molar-refractivity contribution in [1.82, 2.24) is 20.0 Å². The summed E-state index contributed by atoms with van der Waals surface area (Å²) < 4.78 is 13.3. The first-order chi connectivity index (χ1) is 17.0. The van der Waals surface area contributed by atoms with Gasteiger partial charge in [0.1, 0.15) is 12.4 Å². The highest BCUT2D eigenvalue weighted by atomic mass is 16.5. The fourth-order valence-corrected chi connectivity index (χ4v) is 4.45. The Bertz CT molecular complexity index is 1100. The Labute approximate surface area is 208 Å². The molecule has 2 heterocycles. The van der Waals surface area contributed by atoms with Crippen LogP contribution in [0.4, 0.5) is 0 Å². The fourth-order valence-electron chi connectivity index (χ4n) is 4.45. The molecule has 1 aliphatic heterocycles. The summed E-state index contributed by atoms with van der Waals surface area (Å²) >= 11 is 0. The van der Waals surface area contributed by atoms with Crippen molar-refractivity contribution < 1.29 is 14.3 Å². The molecule has 35 heavy (non-hydrogen) atoms. The van der Waals surface area contributed by atoms with Crippen LogP contribution in [0.15, 0.2) is 54.7 Å². The molecule has 7 heteroatoms. The lowest BCUT2D eigenvalue weighted by Gasteiger charge is -2.31. The maximum Gasteiger partial charge on any atom is 0.255 e. The van der Waals surface area contributed by atoms with Crippen LogP contribution < -0.4 is 10.1 Å². The van der Waals surface area contributed by atoms with Gasteiger partial charge in [-0.25, -0.2) is 4.68 Å². The first-order valence-corrected chi connectivity index (χ1v) is 12.5. The molecule has 1 saturated heterocycles. The van der Waals surface area contributed by atoms with Gasteiger partial charge in [0.25, 0.3) is 5.91 Å². The van der Waals surface area contributed by atoms with Gasteiger partial charge in [0.05, 0.1) is 23.1 Å². The highest BCUT2D eigenvalue weighted by Gasteiger charge is 2.19. The van der Waals surface area contributed by atoms with E-state index in [1.165, 1.54) is 5.56 Å². The molecule has 0 atom stereocenters. The van der Waals surface area contributed by atoms with Crippen molar-refractivity contribution in [3.8, 4) is 11.4 Å². The number of hydrogen-bond acceptors (Lipinski definition) is 5. The van der Waals surface area contributed by atoms with Gasteiger partial charge in [0.15, 0.2) is 0 Å². The second-order valence-electron chi connectivity index (χ2n) is 9.11. The number of nitrogens with one attached hydrogen (secondary N) is 1. The van der Waals surface area contributed by atoms with Gasteiger partial charge >= 0.3 is 0 Å². The first-order valence-electron chi connectivity index (χ1n) is 12.5. The van der Waals surface area contributed by atoms with E-state index in [1.807, 2.05) is 60.1 Å². The van der Waals surface area contributed by atoms with Crippen LogP contribution in [-0.4, -0.2) is 60.0 Å². The standard InChI is InChI=1S/C28H36N4O3/c1-4-27-26(20-30-32(27)24-10-8-21(2)9-11-24)28(33)29-19-22-6-5-7-25(18-22)35-17-14-31(3)23-12-15-34-16-13-23/h5-11,18,20,23H,4,12-17,19H2,1-3H3,(H,29,33). The monoisotopic (exact) mass is 476 g/mol. The van der Waals surface area contributed by atoms with Gasteiger partial charge in [0.2, 0.25) is 0 Å². The van der Waals surface area contributed by atoms with E-state index in [4.69, 9.17) is 9.47 Å².